The quantitative estimate of drug-likeness (QED) is 0.669. The molecule has 0 spiro atoms. The second-order valence-corrected chi connectivity index (χ2v) is 6.15. The van der Waals surface area contributed by atoms with Crippen molar-refractivity contribution in [3.63, 3.8) is 0 Å². The Bertz CT molecular complexity index is 589. The Labute approximate surface area is 145 Å². The number of urea groups is 1. The van der Waals surface area contributed by atoms with E-state index in [4.69, 9.17) is 5.11 Å². The van der Waals surface area contributed by atoms with Crippen molar-refractivity contribution in [1.29, 1.82) is 0 Å². The van der Waals surface area contributed by atoms with E-state index in [1.807, 2.05) is 11.8 Å². The van der Waals surface area contributed by atoms with E-state index < -0.39 is 12.4 Å². The number of alkyl halides is 2. The molecule has 2 amide bonds. The number of hydrogen-bond donors (Lipinski definition) is 3. The summed E-state index contributed by atoms with van der Waals surface area (Å²) in [6.45, 7) is 2.83. The number of nitrogens with zero attached hydrogens (tertiary/aromatic N) is 1. The number of carboxylic acids is 1. The summed E-state index contributed by atoms with van der Waals surface area (Å²) < 4.78 is 24.9. The van der Waals surface area contributed by atoms with Crippen LogP contribution in [0.3, 0.4) is 0 Å². The number of carbonyl (C=O) groups excluding carboxylic acids is 1. The lowest BCUT2D eigenvalue weighted by molar-refractivity contribution is -0.139. The van der Waals surface area contributed by atoms with Crippen LogP contribution in [0.25, 0.3) is 0 Å². The highest BCUT2D eigenvalue weighted by Crippen LogP contribution is 2.25. The van der Waals surface area contributed by atoms with Crippen LogP contribution in [-0.2, 0) is 11.3 Å². The van der Waals surface area contributed by atoms with Crippen LogP contribution in [0.5, 0.6) is 0 Å². The zero-order chi connectivity index (χ0) is 18.4. The summed E-state index contributed by atoms with van der Waals surface area (Å²) >= 11 is 0. The Balaban J connectivity index is 1.69. The maximum Gasteiger partial charge on any atom is 0.317 e. The van der Waals surface area contributed by atoms with Gasteiger partial charge in [-0.25, -0.2) is 13.6 Å². The van der Waals surface area contributed by atoms with Gasteiger partial charge in [0.2, 0.25) is 0 Å². The second kappa shape index (κ2) is 8.75. The molecule has 2 rings (SSSR count). The number of rotatable bonds is 8. The fourth-order valence-corrected chi connectivity index (χ4v) is 2.88. The first-order valence-electron chi connectivity index (χ1n) is 8.26. The van der Waals surface area contributed by atoms with Gasteiger partial charge in [0.15, 0.2) is 0 Å². The minimum Gasteiger partial charge on any atom is -0.480 e. The molecule has 0 unspecified atom stereocenters. The molecule has 0 radical (unpaired) electrons. The van der Waals surface area contributed by atoms with E-state index >= 15 is 0 Å². The topological polar surface area (TPSA) is 81.7 Å². The molecule has 0 aliphatic heterocycles. The van der Waals surface area contributed by atoms with Crippen molar-refractivity contribution in [1.82, 2.24) is 15.5 Å². The third-order valence-corrected chi connectivity index (χ3v) is 4.39. The van der Waals surface area contributed by atoms with Crippen LogP contribution in [0.2, 0.25) is 0 Å². The first-order chi connectivity index (χ1) is 11.9. The van der Waals surface area contributed by atoms with E-state index in [2.05, 4.69) is 10.6 Å². The van der Waals surface area contributed by atoms with E-state index in [1.54, 1.807) is 12.1 Å². The van der Waals surface area contributed by atoms with Gasteiger partial charge in [-0.3, -0.25) is 9.69 Å². The van der Waals surface area contributed by atoms with Crippen molar-refractivity contribution in [3.8, 4) is 0 Å². The highest BCUT2D eigenvalue weighted by atomic mass is 19.3. The summed E-state index contributed by atoms with van der Waals surface area (Å²) in [5.41, 5.74) is 0.695. The van der Waals surface area contributed by atoms with Gasteiger partial charge in [-0.1, -0.05) is 31.2 Å². The minimum absolute atomic E-state index is 0.00863. The monoisotopic (exact) mass is 355 g/mol. The zero-order valence-electron chi connectivity index (χ0n) is 14.0. The Kier molecular flexibility index (Phi) is 6.69. The van der Waals surface area contributed by atoms with E-state index in [0.29, 0.717) is 6.54 Å². The average Bonchev–Trinajstić information content (AvgIpc) is 2.54. The summed E-state index contributed by atoms with van der Waals surface area (Å²) in [6.07, 6.45) is -1.06. The van der Waals surface area contributed by atoms with E-state index in [-0.39, 0.29) is 36.8 Å². The van der Waals surface area contributed by atoms with Gasteiger partial charge in [0.1, 0.15) is 0 Å². The molecular weight excluding hydrogens is 332 g/mol. The number of carbonyl (C=O) groups is 2. The van der Waals surface area contributed by atoms with Crippen LogP contribution in [-0.4, -0.2) is 47.2 Å². The normalized spacial score (nSPS) is 19.6. The maximum atomic E-state index is 12.5. The molecule has 1 saturated carbocycles. The van der Waals surface area contributed by atoms with Crippen molar-refractivity contribution >= 4 is 12.0 Å². The molecule has 1 aromatic rings. The molecular formula is C17H23F2N3O3. The Morgan fingerprint density at radius 2 is 1.92 bits per heavy atom. The number of hydrogen-bond acceptors (Lipinski definition) is 3. The van der Waals surface area contributed by atoms with E-state index in [9.17, 15) is 18.4 Å². The van der Waals surface area contributed by atoms with Gasteiger partial charge in [0.05, 0.1) is 6.54 Å². The smallest absolute Gasteiger partial charge is 0.317 e. The zero-order valence-corrected chi connectivity index (χ0v) is 14.0. The number of nitrogens with one attached hydrogen (secondary N) is 2. The van der Waals surface area contributed by atoms with Crippen molar-refractivity contribution in [3.05, 3.63) is 35.4 Å². The lowest BCUT2D eigenvalue weighted by Crippen LogP contribution is -2.56. The summed E-state index contributed by atoms with van der Waals surface area (Å²) in [5, 5.41) is 14.4. The van der Waals surface area contributed by atoms with Crippen LogP contribution < -0.4 is 10.6 Å². The summed E-state index contributed by atoms with van der Waals surface area (Å²) in [6, 6.07) is 5.69. The number of aliphatic carboxylic acids is 1. The number of amides is 2. The third kappa shape index (κ3) is 5.67. The van der Waals surface area contributed by atoms with Gasteiger partial charge < -0.3 is 15.7 Å². The summed E-state index contributed by atoms with van der Waals surface area (Å²) in [7, 11) is 0. The molecule has 25 heavy (non-hydrogen) atoms. The number of benzene rings is 1. The molecule has 1 aromatic carbocycles. The van der Waals surface area contributed by atoms with Crippen molar-refractivity contribution in [2.75, 3.05) is 13.1 Å². The van der Waals surface area contributed by atoms with Crippen LogP contribution in [0.4, 0.5) is 13.6 Å². The van der Waals surface area contributed by atoms with E-state index in [0.717, 1.165) is 18.4 Å². The van der Waals surface area contributed by atoms with Crippen LogP contribution in [0.1, 0.15) is 37.3 Å². The Morgan fingerprint density at radius 1 is 1.28 bits per heavy atom. The third-order valence-electron chi connectivity index (χ3n) is 4.39. The number of likely N-dealkylation sites (N-methyl/N-ethyl adjacent to an activating group) is 1. The molecule has 138 valence electrons. The number of carboxylic acid groups (broad SMARTS) is 1. The standard InChI is InChI=1S/C17H23F2N3O3/c1-2-22(10-15(23)24)14-7-13(8-14)21-17(25)20-9-11-3-5-12(6-4-11)16(18)19/h3-6,13-14,16H,2,7-10H2,1H3,(H,23,24)(H2,20,21,25). The van der Waals surface area contributed by atoms with Crippen molar-refractivity contribution in [2.45, 2.75) is 44.8 Å². The van der Waals surface area contributed by atoms with Gasteiger partial charge in [-0.2, -0.15) is 0 Å². The predicted molar refractivity (Wildman–Crippen MR) is 88.5 cm³/mol. The molecule has 1 aliphatic rings. The van der Waals surface area contributed by atoms with Gasteiger partial charge in [-0.15, -0.1) is 0 Å². The Morgan fingerprint density at radius 3 is 2.44 bits per heavy atom. The SMILES string of the molecule is CCN(CC(=O)O)C1CC(NC(=O)NCc2ccc(C(F)F)cc2)C1. The minimum atomic E-state index is -2.50. The molecule has 1 aliphatic carbocycles. The summed E-state index contributed by atoms with van der Waals surface area (Å²) in [5.74, 6) is -0.853. The molecule has 0 heterocycles. The van der Waals surface area contributed by atoms with Gasteiger partial charge in [-0.05, 0) is 24.9 Å². The van der Waals surface area contributed by atoms with Crippen molar-refractivity contribution in [2.24, 2.45) is 0 Å². The van der Waals surface area contributed by atoms with Crippen LogP contribution in [0.15, 0.2) is 24.3 Å². The lowest BCUT2D eigenvalue weighted by Gasteiger charge is -2.42. The second-order valence-electron chi connectivity index (χ2n) is 6.15. The fourth-order valence-electron chi connectivity index (χ4n) is 2.88. The molecule has 0 atom stereocenters. The molecule has 6 nitrogen and oxygen atoms in total. The molecule has 3 N–H and O–H groups in total. The summed E-state index contributed by atoms with van der Waals surface area (Å²) in [4.78, 5) is 24.5. The van der Waals surface area contributed by atoms with E-state index in [1.165, 1.54) is 12.1 Å². The van der Waals surface area contributed by atoms with Gasteiger partial charge >= 0.3 is 12.0 Å². The number of halogens is 2. The maximum absolute atomic E-state index is 12.5. The molecule has 1 fully saturated rings. The van der Waals surface area contributed by atoms with Crippen LogP contribution in [0, 0.1) is 0 Å². The first kappa shape index (κ1) is 19.1. The Hall–Kier alpha value is -2.22. The highest BCUT2D eigenvalue weighted by Gasteiger charge is 2.34. The predicted octanol–water partition coefficient (Wildman–Crippen LogP) is 2.36. The fraction of sp³-hybridized carbons (Fsp3) is 0.529. The largest absolute Gasteiger partial charge is 0.480 e. The first-order valence-corrected chi connectivity index (χ1v) is 8.26. The molecule has 0 bridgehead atoms. The van der Waals surface area contributed by atoms with Gasteiger partial charge in [0.25, 0.3) is 6.43 Å². The average molecular weight is 355 g/mol. The molecule has 0 saturated heterocycles. The van der Waals surface area contributed by atoms with Crippen molar-refractivity contribution < 1.29 is 23.5 Å². The van der Waals surface area contributed by atoms with Crippen LogP contribution >= 0.6 is 0 Å². The lowest BCUT2D eigenvalue weighted by atomic mass is 9.85. The van der Waals surface area contributed by atoms with Gasteiger partial charge in [0, 0.05) is 24.2 Å². The molecule has 0 aromatic heterocycles. The molecule has 8 heteroatoms. The highest BCUT2D eigenvalue weighted by molar-refractivity contribution is 5.74.